The first kappa shape index (κ1) is 20.6. The second-order valence-corrected chi connectivity index (χ2v) is 7.77. The van der Waals surface area contributed by atoms with Crippen molar-refractivity contribution < 1.29 is 14.3 Å². The van der Waals surface area contributed by atoms with Crippen LogP contribution in [0.25, 0.3) is 11.1 Å². The zero-order chi connectivity index (χ0) is 21.8. The number of carbonyl (C=O) groups is 2. The van der Waals surface area contributed by atoms with Crippen molar-refractivity contribution >= 4 is 11.8 Å². The Morgan fingerprint density at radius 1 is 0.968 bits per heavy atom. The molecule has 0 spiro atoms. The molecule has 0 heterocycles. The molecule has 2 unspecified atom stereocenters. The van der Waals surface area contributed by atoms with Gasteiger partial charge >= 0.3 is 0 Å². The maximum Gasteiger partial charge on any atom is 0.248 e. The number of amides is 2. The van der Waals surface area contributed by atoms with Crippen molar-refractivity contribution in [3.8, 4) is 16.9 Å². The van der Waals surface area contributed by atoms with Crippen LogP contribution < -0.4 is 21.5 Å². The van der Waals surface area contributed by atoms with E-state index in [1.54, 1.807) is 12.1 Å². The first-order chi connectivity index (χ1) is 15.0. The molecule has 2 amide bonds. The smallest absolute Gasteiger partial charge is 0.248 e. The number of primary amides is 2. The standard InChI is InChI=1S/C25H25N3O3/c26-24(29)14-28-22-13-20(22)18-9-10-23(31-15-16-5-2-1-3-6-16)21(12-18)17-7-4-8-19(11-17)25(27)30/h1-12,20,22,28H,13-15H2,(H2,26,29)(H2,27,30). The summed E-state index contributed by atoms with van der Waals surface area (Å²) < 4.78 is 6.15. The van der Waals surface area contributed by atoms with E-state index in [0.717, 1.165) is 34.4 Å². The van der Waals surface area contributed by atoms with E-state index in [4.69, 9.17) is 16.2 Å². The van der Waals surface area contributed by atoms with Crippen molar-refractivity contribution in [3.63, 3.8) is 0 Å². The van der Waals surface area contributed by atoms with E-state index in [0.29, 0.717) is 18.1 Å². The van der Waals surface area contributed by atoms with Gasteiger partial charge in [-0.25, -0.2) is 0 Å². The van der Waals surface area contributed by atoms with Gasteiger partial charge in [-0.05, 0) is 47.4 Å². The Labute approximate surface area is 181 Å². The first-order valence-electron chi connectivity index (χ1n) is 10.2. The van der Waals surface area contributed by atoms with Gasteiger partial charge in [0, 0.05) is 23.1 Å². The summed E-state index contributed by atoms with van der Waals surface area (Å²) in [6.07, 6.45) is 0.943. The van der Waals surface area contributed by atoms with Gasteiger partial charge in [0.05, 0.1) is 6.54 Å². The molecule has 158 valence electrons. The summed E-state index contributed by atoms with van der Waals surface area (Å²) in [5.41, 5.74) is 15.1. The van der Waals surface area contributed by atoms with Gasteiger partial charge in [-0.2, -0.15) is 0 Å². The van der Waals surface area contributed by atoms with Crippen molar-refractivity contribution in [2.45, 2.75) is 25.0 Å². The average Bonchev–Trinajstić information content (AvgIpc) is 3.57. The van der Waals surface area contributed by atoms with Crippen molar-refractivity contribution in [2.75, 3.05) is 6.54 Å². The lowest BCUT2D eigenvalue weighted by atomic mass is 9.98. The number of rotatable bonds is 9. The van der Waals surface area contributed by atoms with Gasteiger partial charge < -0.3 is 21.5 Å². The van der Waals surface area contributed by atoms with Crippen LogP contribution in [0.15, 0.2) is 72.8 Å². The van der Waals surface area contributed by atoms with E-state index < -0.39 is 5.91 Å². The van der Waals surface area contributed by atoms with E-state index in [1.165, 1.54) is 0 Å². The largest absolute Gasteiger partial charge is 0.488 e. The first-order valence-corrected chi connectivity index (χ1v) is 10.2. The Kier molecular flexibility index (Phi) is 6.00. The Balaban J connectivity index is 1.62. The second kappa shape index (κ2) is 9.02. The number of hydrogen-bond donors (Lipinski definition) is 3. The van der Waals surface area contributed by atoms with Crippen LogP contribution in [0.5, 0.6) is 5.75 Å². The minimum atomic E-state index is -0.470. The highest BCUT2D eigenvalue weighted by molar-refractivity contribution is 5.94. The lowest BCUT2D eigenvalue weighted by Gasteiger charge is -2.15. The molecule has 1 aliphatic rings. The quantitative estimate of drug-likeness (QED) is 0.499. The molecule has 4 rings (SSSR count). The van der Waals surface area contributed by atoms with Crippen LogP contribution in [0, 0.1) is 0 Å². The highest BCUT2D eigenvalue weighted by Crippen LogP contribution is 2.43. The maximum atomic E-state index is 11.7. The fourth-order valence-corrected chi connectivity index (χ4v) is 3.73. The average molecular weight is 415 g/mol. The third kappa shape index (κ3) is 5.10. The molecule has 3 aromatic carbocycles. The number of benzene rings is 3. The predicted octanol–water partition coefficient (Wildman–Crippen LogP) is 2.96. The summed E-state index contributed by atoms with van der Waals surface area (Å²) in [6, 6.07) is 23.5. The van der Waals surface area contributed by atoms with E-state index in [1.807, 2.05) is 48.5 Å². The molecule has 0 aromatic heterocycles. The van der Waals surface area contributed by atoms with Gasteiger partial charge in [-0.1, -0.05) is 48.5 Å². The van der Waals surface area contributed by atoms with Crippen LogP contribution in [0.4, 0.5) is 0 Å². The zero-order valence-corrected chi connectivity index (χ0v) is 17.1. The summed E-state index contributed by atoms with van der Waals surface area (Å²) in [6.45, 7) is 0.613. The lowest BCUT2D eigenvalue weighted by molar-refractivity contribution is -0.117. The molecule has 6 heteroatoms. The van der Waals surface area contributed by atoms with Crippen LogP contribution in [0.2, 0.25) is 0 Å². The summed E-state index contributed by atoms with van der Waals surface area (Å²) in [5.74, 6) is 0.207. The van der Waals surface area contributed by atoms with Crippen molar-refractivity contribution in [1.29, 1.82) is 0 Å². The molecule has 6 nitrogen and oxygen atoms in total. The molecule has 0 radical (unpaired) electrons. The molecule has 2 atom stereocenters. The minimum absolute atomic E-state index is 0.174. The highest BCUT2D eigenvalue weighted by atomic mass is 16.5. The Bertz CT molecular complexity index is 1100. The molecule has 1 aliphatic carbocycles. The van der Waals surface area contributed by atoms with Crippen LogP contribution in [-0.4, -0.2) is 24.4 Å². The van der Waals surface area contributed by atoms with Gasteiger partial charge in [-0.3, -0.25) is 9.59 Å². The van der Waals surface area contributed by atoms with E-state index in [-0.39, 0.29) is 18.5 Å². The minimum Gasteiger partial charge on any atom is -0.488 e. The van der Waals surface area contributed by atoms with Crippen molar-refractivity contribution in [3.05, 3.63) is 89.5 Å². The molecule has 31 heavy (non-hydrogen) atoms. The van der Waals surface area contributed by atoms with Crippen LogP contribution >= 0.6 is 0 Å². The topological polar surface area (TPSA) is 107 Å². The summed E-state index contributed by atoms with van der Waals surface area (Å²) >= 11 is 0. The highest BCUT2D eigenvalue weighted by Gasteiger charge is 2.38. The van der Waals surface area contributed by atoms with Crippen molar-refractivity contribution in [2.24, 2.45) is 11.5 Å². The molecule has 3 aromatic rings. The van der Waals surface area contributed by atoms with E-state index in [2.05, 4.69) is 17.4 Å². The fourth-order valence-electron chi connectivity index (χ4n) is 3.73. The summed E-state index contributed by atoms with van der Waals surface area (Å²) in [7, 11) is 0. The molecule has 5 N–H and O–H groups in total. The number of hydrogen-bond acceptors (Lipinski definition) is 4. The third-order valence-electron chi connectivity index (χ3n) is 5.46. The maximum absolute atomic E-state index is 11.7. The second-order valence-electron chi connectivity index (χ2n) is 7.77. The molecule has 0 aliphatic heterocycles. The Morgan fingerprint density at radius 2 is 1.77 bits per heavy atom. The number of nitrogens with one attached hydrogen (secondary N) is 1. The number of nitrogens with two attached hydrogens (primary N) is 2. The third-order valence-corrected chi connectivity index (χ3v) is 5.46. The molecule has 0 saturated heterocycles. The molecule has 0 bridgehead atoms. The lowest BCUT2D eigenvalue weighted by Crippen LogP contribution is -2.30. The Hall–Kier alpha value is -3.64. The Morgan fingerprint density at radius 3 is 2.52 bits per heavy atom. The van der Waals surface area contributed by atoms with Crippen molar-refractivity contribution in [1.82, 2.24) is 5.32 Å². The predicted molar refractivity (Wildman–Crippen MR) is 120 cm³/mol. The monoisotopic (exact) mass is 415 g/mol. The van der Waals surface area contributed by atoms with Gasteiger partial charge in [0.2, 0.25) is 11.8 Å². The van der Waals surface area contributed by atoms with Crippen LogP contribution in [0.1, 0.15) is 33.8 Å². The number of carbonyl (C=O) groups excluding carboxylic acids is 2. The van der Waals surface area contributed by atoms with E-state index >= 15 is 0 Å². The zero-order valence-electron chi connectivity index (χ0n) is 17.1. The molecule has 1 saturated carbocycles. The number of ether oxygens (including phenoxy) is 1. The van der Waals surface area contributed by atoms with Crippen LogP contribution in [-0.2, 0) is 11.4 Å². The molecular weight excluding hydrogens is 390 g/mol. The SMILES string of the molecule is NC(=O)CNC1CC1c1ccc(OCc2ccccc2)c(-c2cccc(C(N)=O)c2)c1. The molecule has 1 fully saturated rings. The molecular formula is C25H25N3O3. The summed E-state index contributed by atoms with van der Waals surface area (Å²) in [5, 5.41) is 3.18. The van der Waals surface area contributed by atoms with Crippen LogP contribution in [0.3, 0.4) is 0 Å². The summed E-state index contributed by atoms with van der Waals surface area (Å²) in [4.78, 5) is 22.7. The van der Waals surface area contributed by atoms with Gasteiger partial charge in [0.15, 0.2) is 0 Å². The van der Waals surface area contributed by atoms with E-state index in [9.17, 15) is 9.59 Å². The fraction of sp³-hybridized carbons (Fsp3) is 0.200. The normalized spacial score (nSPS) is 17.2. The van der Waals surface area contributed by atoms with Gasteiger partial charge in [-0.15, -0.1) is 0 Å². The van der Waals surface area contributed by atoms with Gasteiger partial charge in [0.25, 0.3) is 0 Å². The van der Waals surface area contributed by atoms with Gasteiger partial charge in [0.1, 0.15) is 12.4 Å².